The molecule has 25 heavy (non-hydrogen) atoms. The number of fused-ring (bicyclic) bond motifs is 1. The summed E-state index contributed by atoms with van der Waals surface area (Å²) in [6.07, 6.45) is 2.29. The van der Waals surface area contributed by atoms with Crippen LogP contribution in [0.1, 0.15) is 31.4 Å². The first kappa shape index (κ1) is 17.9. The molecule has 1 aliphatic heterocycles. The lowest BCUT2D eigenvalue weighted by molar-refractivity contribution is -0.105. The molecule has 1 amide bonds. The van der Waals surface area contributed by atoms with Crippen molar-refractivity contribution in [3.05, 3.63) is 30.0 Å². The van der Waals surface area contributed by atoms with Crippen molar-refractivity contribution in [3.63, 3.8) is 0 Å². The van der Waals surface area contributed by atoms with E-state index in [2.05, 4.69) is 17.1 Å². The third kappa shape index (κ3) is 3.88. The number of nitrogens with one attached hydrogen (secondary N) is 1. The van der Waals surface area contributed by atoms with Gasteiger partial charge in [-0.3, -0.25) is 14.6 Å². The zero-order valence-electron chi connectivity index (χ0n) is 14.0. The van der Waals surface area contributed by atoms with E-state index in [1.165, 1.54) is 4.73 Å². The van der Waals surface area contributed by atoms with Crippen molar-refractivity contribution >= 4 is 30.8 Å². The van der Waals surface area contributed by atoms with Crippen LogP contribution in [0.3, 0.4) is 0 Å². The summed E-state index contributed by atoms with van der Waals surface area (Å²) in [6.45, 7) is 4.96. The molecule has 1 aromatic carbocycles. The Balaban J connectivity index is 2.08. The summed E-state index contributed by atoms with van der Waals surface area (Å²) in [4.78, 5) is 31.9. The second-order valence-corrected chi connectivity index (χ2v) is 7.29. The minimum atomic E-state index is -4.76. The Bertz CT molecular complexity index is 807. The molecule has 0 bridgehead atoms. The number of hydrogen-bond acceptors (Lipinski definition) is 4. The number of anilines is 1. The fourth-order valence-electron chi connectivity index (χ4n) is 3.45. The van der Waals surface area contributed by atoms with Crippen LogP contribution in [0, 0.1) is 0 Å². The van der Waals surface area contributed by atoms with Crippen molar-refractivity contribution in [1.29, 1.82) is 0 Å². The standard InChI is InChI=1S/C16H22N3O5P/c1-2-18-8-6-12(7-9-18)15-10-13-4-3-5-14(17-11-20)16(13)19(15)24-25(21,22)23/h3-5,10-12H,2,6-9H2,1H3,(H,17,20)(H2,21,22,23). The molecule has 0 radical (unpaired) electrons. The van der Waals surface area contributed by atoms with Crippen molar-refractivity contribution in [2.45, 2.75) is 25.7 Å². The molecule has 1 aliphatic rings. The third-order valence-corrected chi connectivity index (χ3v) is 5.04. The Kier molecular flexibility index (Phi) is 5.15. The highest BCUT2D eigenvalue weighted by atomic mass is 31.2. The maximum absolute atomic E-state index is 11.5. The van der Waals surface area contributed by atoms with Crippen molar-refractivity contribution in [3.8, 4) is 0 Å². The highest BCUT2D eigenvalue weighted by Gasteiger charge is 2.28. The molecule has 1 saturated heterocycles. The van der Waals surface area contributed by atoms with Gasteiger partial charge in [0.05, 0.1) is 11.4 Å². The average molecular weight is 367 g/mol. The van der Waals surface area contributed by atoms with E-state index < -0.39 is 7.82 Å². The SMILES string of the molecule is CCN1CCC(c2cc3cccc(NC=O)c3n2OP(=O)(O)O)CC1. The molecule has 0 saturated carbocycles. The molecule has 9 heteroatoms. The first-order valence-electron chi connectivity index (χ1n) is 8.25. The normalized spacial score (nSPS) is 16.9. The van der Waals surface area contributed by atoms with E-state index in [1.54, 1.807) is 12.1 Å². The van der Waals surface area contributed by atoms with Gasteiger partial charge < -0.3 is 14.8 Å². The number of hydrogen-bond donors (Lipinski definition) is 3. The lowest BCUT2D eigenvalue weighted by Crippen LogP contribution is -2.33. The van der Waals surface area contributed by atoms with Gasteiger partial charge in [-0.25, -0.2) is 4.57 Å². The molecule has 2 aromatic rings. The van der Waals surface area contributed by atoms with Gasteiger partial charge in [0.25, 0.3) is 0 Å². The maximum Gasteiger partial charge on any atom is 0.543 e. The molecule has 0 atom stereocenters. The molecule has 0 spiro atoms. The number of piperidine rings is 1. The smallest absolute Gasteiger partial charge is 0.327 e. The van der Waals surface area contributed by atoms with E-state index in [4.69, 9.17) is 4.62 Å². The summed E-state index contributed by atoms with van der Waals surface area (Å²) in [5.74, 6) is 0.130. The summed E-state index contributed by atoms with van der Waals surface area (Å²) in [7, 11) is -4.76. The van der Waals surface area contributed by atoms with Crippen LogP contribution in [0.5, 0.6) is 0 Å². The molecule has 2 heterocycles. The molecule has 0 unspecified atom stereocenters. The van der Waals surface area contributed by atoms with Gasteiger partial charge >= 0.3 is 7.82 Å². The van der Waals surface area contributed by atoms with Crippen molar-refractivity contribution in [1.82, 2.24) is 9.63 Å². The van der Waals surface area contributed by atoms with E-state index >= 15 is 0 Å². The molecule has 3 N–H and O–H groups in total. The van der Waals surface area contributed by atoms with Crippen molar-refractivity contribution < 1.29 is 23.8 Å². The molecular weight excluding hydrogens is 345 g/mol. The van der Waals surface area contributed by atoms with Crippen LogP contribution in [0.2, 0.25) is 0 Å². The van der Waals surface area contributed by atoms with E-state index in [1.807, 2.05) is 12.1 Å². The number of nitrogens with zero attached hydrogens (tertiary/aromatic N) is 2. The van der Waals surface area contributed by atoms with Gasteiger partial charge in [-0.2, -0.15) is 4.73 Å². The third-order valence-electron chi connectivity index (χ3n) is 4.66. The Morgan fingerprint density at radius 3 is 2.68 bits per heavy atom. The summed E-state index contributed by atoms with van der Waals surface area (Å²) >= 11 is 0. The minimum Gasteiger partial charge on any atom is -0.327 e. The lowest BCUT2D eigenvalue weighted by Gasteiger charge is -2.31. The first-order chi connectivity index (χ1) is 11.9. The van der Waals surface area contributed by atoms with E-state index in [0.29, 0.717) is 23.3 Å². The second kappa shape index (κ2) is 7.17. The number of phosphoric acid groups is 1. The number of rotatable bonds is 6. The molecule has 8 nitrogen and oxygen atoms in total. The summed E-state index contributed by atoms with van der Waals surface area (Å²) in [6, 6.07) is 7.15. The Morgan fingerprint density at radius 1 is 1.36 bits per heavy atom. The highest BCUT2D eigenvalue weighted by molar-refractivity contribution is 7.46. The number of likely N-dealkylation sites (tertiary alicyclic amines) is 1. The number of aromatic nitrogens is 1. The Labute approximate surface area is 145 Å². The zero-order chi connectivity index (χ0) is 18.0. The van der Waals surface area contributed by atoms with Gasteiger partial charge in [0.2, 0.25) is 6.41 Å². The number of amides is 1. The lowest BCUT2D eigenvalue weighted by atomic mass is 9.93. The maximum atomic E-state index is 11.5. The molecule has 1 aromatic heterocycles. The van der Waals surface area contributed by atoms with Crippen molar-refractivity contribution in [2.75, 3.05) is 25.0 Å². The predicted molar refractivity (Wildman–Crippen MR) is 94.3 cm³/mol. The molecule has 136 valence electrons. The second-order valence-electron chi connectivity index (χ2n) is 6.15. The van der Waals surface area contributed by atoms with Gasteiger partial charge in [0.15, 0.2) is 0 Å². The fraction of sp³-hybridized carbons (Fsp3) is 0.438. The Hall–Kier alpha value is -1.86. The number of carbonyl (C=O) groups excluding carboxylic acids is 1. The Morgan fingerprint density at radius 2 is 2.08 bits per heavy atom. The molecule has 3 rings (SSSR count). The minimum absolute atomic E-state index is 0.130. The number of para-hydroxylation sites is 1. The monoisotopic (exact) mass is 367 g/mol. The van der Waals surface area contributed by atoms with Crippen LogP contribution in [0.4, 0.5) is 5.69 Å². The van der Waals surface area contributed by atoms with Crippen molar-refractivity contribution in [2.24, 2.45) is 0 Å². The fourth-order valence-corrected chi connectivity index (χ4v) is 3.84. The largest absolute Gasteiger partial charge is 0.543 e. The first-order valence-corrected chi connectivity index (χ1v) is 9.78. The number of benzene rings is 1. The predicted octanol–water partition coefficient (Wildman–Crippen LogP) is 1.93. The average Bonchev–Trinajstić information content (AvgIpc) is 2.93. The van der Waals surface area contributed by atoms with Gasteiger partial charge in [0.1, 0.15) is 5.52 Å². The molecule has 0 aliphatic carbocycles. The van der Waals surface area contributed by atoms with E-state index in [9.17, 15) is 19.1 Å². The molecular formula is C16H22N3O5P. The van der Waals surface area contributed by atoms with E-state index in [-0.39, 0.29) is 5.92 Å². The van der Waals surface area contributed by atoms with Crippen LogP contribution in [0.25, 0.3) is 10.9 Å². The topological polar surface area (TPSA) is 104 Å². The van der Waals surface area contributed by atoms with Gasteiger partial charge in [-0.15, -0.1) is 0 Å². The highest BCUT2D eigenvalue weighted by Crippen LogP contribution is 2.39. The number of carbonyl (C=O) groups is 1. The summed E-state index contributed by atoms with van der Waals surface area (Å²) < 4.78 is 17.7. The van der Waals surface area contributed by atoms with Gasteiger partial charge in [-0.1, -0.05) is 19.1 Å². The van der Waals surface area contributed by atoms with Gasteiger partial charge in [-0.05, 0) is 44.6 Å². The van der Waals surface area contributed by atoms with Crippen LogP contribution in [0.15, 0.2) is 24.3 Å². The zero-order valence-corrected chi connectivity index (χ0v) is 14.9. The summed E-state index contributed by atoms with van der Waals surface area (Å²) in [5.41, 5.74) is 1.61. The van der Waals surface area contributed by atoms with Crippen LogP contribution in [-0.4, -0.2) is 45.5 Å². The van der Waals surface area contributed by atoms with Crippen LogP contribution in [-0.2, 0) is 9.36 Å². The van der Waals surface area contributed by atoms with Gasteiger partial charge in [0, 0.05) is 11.3 Å². The van der Waals surface area contributed by atoms with E-state index in [0.717, 1.165) is 37.9 Å². The van der Waals surface area contributed by atoms with Crippen LogP contribution < -0.4 is 9.94 Å². The summed E-state index contributed by atoms with van der Waals surface area (Å²) in [5, 5.41) is 3.32. The quantitative estimate of drug-likeness (QED) is 0.532. The van der Waals surface area contributed by atoms with Crippen LogP contribution >= 0.6 is 7.82 Å². The molecule has 1 fully saturated rings.